The average Bonchev–Trinajstić information content (AvgIpc) is 3.14. The molecule has 1 saturated heterocycles. The summed E-state index contributed by atoms with van der Waals surface area (Å²) in [6, 6.07) is 13.2. The molecule has 1 aliphatic heterocycles. The molecule has 2 aromatic rings. The number of aromatic hydroxyl groups is 1. The third-order valence-electron chi connectivity index (χ3n) is 5.00. The Morgan fingerprint density at radius 3 is 2.52 bits per heavy atom. The lowest BCUT2D eigenvalue weighted by atomic mass is 10.1. The fraction of sp³-hybridized carbons (Fsp3) is 0.409. The van der Waals surface area contributed by atoms with E-state index in [1.165, 1.54) is 0 Å². The predicted molar refractivity (Wildman–Crippen MR) is 107 cm³/mol. The maximum absolute atomic E-state index is 13.2. The van der Waals surface area contributed by atoms with Crippen LogP contribution in [0.3, 0.4) is 0 Å². The van der Waals surface area contributed by atoms with Crippen molar-refractivity contribution in [1.29, 1.82) is 0 Å². The molecule has 0 aliphatic carbocycles. The predicted octanol–water partition coefficient (Wildman–Crippen LogP) is 3.59. The minimum absolute atomic E-state index is 0.0281. The maximum Gasteiger partial charge on any atom is 0.254 e. The van der Waals surface area contributed by atoms with Crippen LogP contribution in [0.5, 0.6) is 5.75 Å². The van der Waals surface area contributed by atoms with Gasteiger partial charge in [0.2, 0.25) is 0 Å². The fourth-order valence-corrected chi connectivity index (χ4v) is 3.43. The molecule has 1 amide bonds. The van der Waals surface area contributed by atoms with Crippen molar-refractivity contribution in [3.63, 3.8) is 0 Å². The van der Waals surface area contributed by atoms with Gasteiger partial charge in [0.05, 0.1) is 6.10 Å². The molecule has 1 fully saturated rings. The maximum atomic E-state index is 13.2. The zero-order chi connectivity index (χ0) is 19.4. The van der Waals surface area contributed by atoms with E-state index in [9.17, 15) is 9.90 Å². The summed E-state index contributed by atoms with van der Waals surface area (Å²) in [6.45, 7) is 3.73. The number of carbonyl (C=O) groups is 1. The van der Waals surface area contributed by atoms with Gasteiger partial charge in [-0.05, 0) is 61.2 Å². The first-order chi connectivity index (χ1) is 12.9. The smallest absolute Gasteiger partial charge is 0.254 e. The molecule has 0 saturated carbocycles. The summed E-state index contributed by atoms with van der Waals surface area (Å²) in [5, 5.41) is 9.64. The van der Waals surface area contributed by atoms with Crippen LogP contribution in [-0.2, 0) is 11.3 Å². The molecule has 0 radical (unpaired) electrons. The third kappa shape index (κ3) is 4.80. The van der Waals surface area contributed by atoms with Gasteiger partial charge < -0.3 is 19.6 Å². The molecule has 3 rings (SSSR count). The van der Waals surface area contributed by atoms with Crippen LogP contribution >= 0.6 is 0 Å². The molecule has 2 aromatic carbocycles. The molecule has 1 atom stereocenters. The van der Waals surface area contributed by atoms with Gasteiger partial charge in [-0.3, -0.25) is 4.79 Å². The monoisotopic (exact) mass is 368 g/mol. The Kier molecular flexibility index (Phi) is 6.01. The molecular formula is C22H28N2O3. The standard InChI is InChI=1S/C22H28N2O3/c1-16-13-19(25)10-11-21(16)22(26)24(15-20-5-4-12-27-20)14-17-6-8-18(9-7-17)23(2)3/h6-11,13,20,25H,4-5,12,14-15H2,1-3H3/t20-/m0/s1. The lowest BCUT2D eigenvalue weighted by Crippen LogP contribution is -2.37. The summed E-state index contributed by atoms with van der Waals surface area (Å²) in [7, 11) is 4.02. The van der Waals surface area contributed by atoms with Gasteiger partial charge in [-0.15, -0.1) is 0 Å². The van der Waals surface area contributed by atoms with Crippen LogP contribution in [0.1, 0.15) is 34.3 Å². The van der Waals surface area contributed by atoms with Gasteiger partial charge in [-0.25, -0.2) is 0 Å². The molecule has 5 nitrogen and oxygen atoms in total. The van der Waals surface area contributed by atoms with Gasteiger partial charge >= 0.3 is 0 Å². The van der Waals surface area contributed by atoms with Gasteiger partial charge in [-0.1, -0.05) is 12.1 Å². The Bertz CT molecular complexity index is 781. The Balaban J connectivity index is 1.82. The van der Waals surface area contributed by atoms with Gasteiger partial charge in [0.15, 0.2) is 0 Å². The highest BCUT2D eigenvalue weighted by atomic mass is 16.5. The van der Waals surface area contributed by atoms with Crippen LogP contribution in [0.25, 0.3) is 0 Å². The zero-order valence-corrected chi connectivity index (χ0v) is 16.3. The fourth-order valence-electron chi connectivity index (χ4n) is 3.43. The van der Waals surface area contributed by atoms with E-state index in [0.717, 1.165) is 36.3 Å². The van der Waals surface area contributed by atoms with Crippen LogP contribution in [0.2, 0.25) is 0 Å². The summed E-state index contributed by atoms with van der Waals surface area (Å²) in [5.74, 6) is 0.147. The number of nitrogens with zero attached hydrogens (tertiary/aromatic N) is 2. The van der Waals surface area contributed by atoms with E-state index in [1.54, 1.807) is 18.2 Å². The Morgan fingerprint density at radius 2 is 1.93 bits per heavy atom. The first-order valence-corrected chi connectivity index (χ1v) is 9.41. The van der Waals surface area contributed by atoms with Crippen LogP contribution in [-0.4, -0.2) is 49.3 Å². The minimum atomic E-state index is -0.0281. The Hall–Kier alpha value is -2.53. The second-order valence-electron chi connectivity index (χ2n) is 7.38. The molecule has 0 spiro atoms. The van der Waals surface area contributed by atoms with E-state index in [-0.39, 0.29) is 17.8 Å². The number of rotatable bonds is 6. The number of hydrogen-bond acceptors (Lipinski definition) is 4. The van der Waals surface area contributed by atoms with Crippen molar-refractivity contribution in [2.45, 2.75) is 32.4 Å². The second-order valence-corrected chi connectivity index (χ2v) is 7.38. The van der Waals surface area contributed by atoms with Crippen molar-refractivity contribution >= 4 is 11.6 Å². The molecule has 0 aromatic heterocycles. The number of phenols is 1. The first-order valence-electron chi connectivity index (χ1n) is 9.41. The second kappa shape index (κ2) is 8.44. The van der Waals surface area contributed by atoms with Gasteiger partial charge in [0.1, 0.15) is 5.75 Å². The molecule has 144 valence electrons. The van der Waals surface area contributed by atoms with Crippen LogP contribution in [0, 0.1) is 6.92 Å². The van der Waals surface area contributed by atoms with Crippen LogP contribution in [0.15, 0.2) is 42.5 Å². The topological polar surface area (TPSA) is 53.0 Å². The summed E-state index contributed by atoms with van der Waals surface area (Å²) in [5.41, 5.74) is 3.62. The summed E-state index contributed by atoms with van der Waals surface area (Å²) < 4.78 is 5.77. The van der Waals surface area contributed by atoms with Crippen molar-refractivity contribution in [3.05, 3.63) is 59.2 Å². The number of anilines is 1. The van der Waals surface area contributed by atoms with E-state index >= 15 is 0 Å². The molecular weight excluding hydrogens is 340 g/mol. The molecule has 27 heavy (non-hydrogen) atoms. The largest absolute Gasteiger partial charge is 0.508 e. The van der Waals surface area contributed by atoms with Gasteiger partial charge in [-0.2, -0.15) is 0 Å². The van der Waals surface area contributed by atoms with Crippen LogP contribution in [0.4, 0.5) is 5.69 Å². The molecule has 1 heterocycles. The lowest BCUT2D eigenvalue weighted by molar-refractivity contribution is 0.0506. The summed E-state index contributed by atoms with van der Waals surface area (Å²) in [6.07, 6.45) is 2.12. The Morgan fingerprint density at radius 1 is 1.19 bits per heavy atom. The number of amides is 1. The lowest BCUT2D eigenvalue weighted by Gasteiger charge is -2.26. The van der Waals surface area contributed by atoms with E-state index in [0.29, 0.717) is 18.7 Å². The van der Waals surface area contributed by atoms with Crippen molar-refractivity contribution in [1.82, 2.24) is 4.90 Å². The summed E-state index contributed by atoms with van der Waals surface area (Å²) >= 11 is 0. The van der Waals surface area contributed by atoms with Crippen molar-refractivity contribution in [2.75, 3.05) is 32.1 Å². The highest BCUT2D eigenvalue weighted by Gasteiger charge is 2.24. The van der Waals surface area contributed by atoms with Gasteiger partial charge in [0.25, 0.3) is 5.91 Å². The molecule has 0 bridgehead atoms. The number of benzene rings is 2. The average molecular weight is 368 g/mol. The number of aryl methyl sites for hydroxylation is 1. The first kappa shape index (κ1) is 19.2. The quantitative estimate of drug-likeness (QED) is 0.847. The zero-order valence-electron chi connectivity index (χ0n) is 16.3. The summed E-state index contributed by atoms with van der Waals surface area (Å²) in [4.78, 5) is 17.1. The van der Waals surface area contributed by atoms with Crippen molar-refractivity contribution < 1.29 is 14.6 Å². The normalized spacial score (nSPS) is 16.3. The van der Waals surface area contributed by atoms with Crippen molar-refractivity contribution in [2.24, 2.45) is 0 Å². The third-order valence-corrected chi connectivity index (χ3v) is 5.00. The minimum Gasteiger partial charge on any atom is -0.508 e. The molecule has 1 N–H and O–H groups in total. The molecule has 5 heteroatoms. The van der Waals surface area contributed by atoms with Gasteiger partial charge in [0, 0.05) is 45.0 Å². The SMILES string of the molecule is Cc1cc(O)ccc1C(=O)N(Cc1ccc(N(C)C)cc1)C[C@@H]1CCCO1. The van der Waals surface area contributed by atoms with E-state index in [2.05, 4.69) is 29.2 Å². The van der Waals surface area contributed by atoms with E-state index in [4.69, 9.17) is 4.74 Å². The van der Waals surface area contributed by atoms with Crippen LogP contribution < -0.4 is 4.90 Å². The molecule has 1 aliphatic rings. The van der Waals surface area contributed by atoms with Crippen molar-refractivity contribution in [3.8, 4) is 5.75 Å². The van der Waals surface area contributed by atoms with E-state index < -0.39 is 0 Å². The number of ether oxygens (including phenoxy) is 1. The number of phenolic OH excluding ortho intramolecular Hbond substituents is 1. The highest BCUT2D eigenvalue weighted by Crippen LogP contribution is 2.22. The highest BCUT2D eigenvalue weighted by molar-refractivity contribution is 5.95. The molecule has 0 unspecified atom stereocenters. The number of carbonyl (C=O) groups excluding carboxylic acids is 1. The van der Waals surface area contributed by atoms with E-state index in [1.807, 2.05) is 25.9 Å². The number of hydrogen-bond donors (Lipinski definition) is 1. The Labute approximate surface area is 161 Å².